The summed E-state index contributed by atoms with van der Waals surface area (Å²) in [6.07, 6.45) is 6.08. The number of hydrogen-bond acceptors (Lipinski definition) is 1. The number of aryl methyl sites for hydroxylation is 1. The van der Waals surface area contributed by atoms with Crippen molar-refractivity contribution in [2.45, 2.75) is 20.0 Å². The van der Waals surface area contributed by atoms with Gasteiger partial charge in [0.1, 0.15) is 0 Å². The van der Waals surface area contributed by atoms with Crippen LogP contribution in [0.5, 0.6) is 0 Å². The van der Waals surface area contributed by atoms with Gasteiger partial charge in [0.25, 0.3) is 0 Å². The molecule has 0 fully saturated rings. The number of hydrogen-bond donors (Lipinski definition) is 0. The van der Waals surface area contributed by atoms with Gasteiger partial charge in [-0.15, -0.1) is 0 Å². The van der Waals surface area contributed by atoms with Crippen LogP contribution in [0.1, 0.15) is 12.5 Å². The topological polar surface area (TPSA) is 22.8 Å². The Hall–Kier alpha value is -1.74. The van der Waals surface area contributed by atoms with E-state index in [1.54, 1.807) is 0 Å². The largest absolute Gasteiger partial charge is 0.343 e. The number of aromatic nitrogens is 3. The van der Waals surface area contributed by atoms with Gasteiger partial charge in [0, 0.05) is 35.0 Å². The van der Waals surface area contributed by atoms with Crippen LogP contribution in [0, 0.1) is 0 Å². The van der Waals surface area contributed by atoms with Gasteiger partial charge in [0.2, 0.25) is 0 Å². The fourth-order valence-electron chi connectivity index (χ4n) is 2.15. The molecule has 0 N–H and O–H groups in total. The highest BCUT2D eigenvalue weighted by molar-refractivity contribution is 6.31. The number of benzene rings is 1. The Balaban J connectivity index is 1.96. The van der Waals surface area contributed by atoms with Crippen molar-refractivity contribution in [3.63, 3.8) is 0 Å². The Morgan fingerprint density at radius 1 is 1.28 bits per heavy atom. The highest BCUT2D eigenvalue weighted by atomic mass is 35.5. The van der Waals surface area contributed by atoms with Crippen molar-refractivity contribution in [3.05, 3.63) is 53.4 Å². The lowest BCUT2D eigenvalue weighted by atomic mass is 10.2. The normalized spacial score (nSPS) is 11.2. The molecule has 2 heterocycles. The molecule has 3 rings (SSSR count). The minimum atomic E-state index is 0.770. The Kier molecular flexibility index (Phi) is 2.84. The van der Waals surface area contributed by atoms with E-state index in [0.717, 1.165) is 23.6 Å². The standard InChI is InChI=1S/C14H14ClN3/c1-2-18-10-11(8-16-18)9-17-6-5-12-3-4-13(15)7-14(12)17/h3-8,10H,2,9H2,1H3. The molecule has 0 unspecified atom stereocenters. The molecule has 18 heavy (non-hydrogen) atoms. The molecule has 0 atom stereocenters. The minimum absolute atomic E-state index is 0.770. The van der Waals surface area contributed by atoms with Gasteiger partial charge >= 0.3 is 0 Å². The van der Waals surface area contributed by atoms with Crippen LogP contribution in [0.15, 0.2) is 42.9 Å². The van der Waals surface area contributed by atoms with E-state index in [1.165, 1.54) is 10.9 Å². The predicted molar refractivity (Wildman–Crippen MR) is 74.0 cm³/mol. The molecule has 0 saturated carbocycles. The van der Waals surface area contributed by atoms with Gasteiger partial charge in [0.05, 0.1) is 12.7 Å². The molecule has 0 bridgehead atoms. The average Bonchev–Trinajstić information content (AvgIpc) is 2.97. The molecule has 1 aromatic carbocycles. The Morgan fingerprint density at radius 2 is 2.17 bits per heavy atom. The van der Waals surface area contributed by atoms with Crippen LogP contribution in [0.4, 0.5) is 0 Å². The van der Waals surface area contributed by atoms with E-state index >= 15 is 0 Å². The second-order valence-corrected chi connectivity index (χ2v) is 4.79. The second kappa shape index (κ2) is 4.50. The van der Waals surface area contributed by atoms with Crippen molar-refractivity contribution in [1.82, 2.24) is 14.3 Å². The lowest BCUT2D eigenvalue weighted by molar-refractivity contribution is 0.658. The van der Waals surface area contributed by atoms with E-state index in [4.69, 9.17) is 11.6 Å². The summed E-state index contributed by atoms with van der Waals surface area (Å²) in [4.78, 5) is 0. The molecule has 92 valence electrons. The zero-order chi connectivity index (χ0) is 12.5. The lowest BCUT2D eigenvalue weighted by Gasteiger charge is -2.03. The molecule has 0 spiro atoms. The van der Waals surface area contributed by atoms with E-state index in [2.05, 4.69) is 35.0 Å². The van der Waals surface area contributed by atoms with Crippen molar-refractivity contribution in [2.75, 3.05) is 0 Å². The van der Waals surface area contributed by atoms with Crippen molar-refractivity contribution in [3.8, 4) is 0 Å². The summed E-state index contributed by atoms with van der Waals surface area (Å²) in [5, 5.41) is 6.27. The quantitative estimate of drug-likeness (QED) is 0.705. The highest BCUT2D eigenvalue weighted by Crippen LogP contribution is 2.21. The molecule has 0 aliphatic carbocycles. The maximum Gasteiger partial charge on any atom is 0.0539 e. The van der Waals surface area contributed by atoms with Gasteiger partial charge in [-0.05, 0) is 30.5 Å². The molecule has 3 nitrogen and oxygen atoms in total. The first kappa shape index (κ1) is 11.4. The van der Waals surface area contributed by atoms with Crippen LogP contribution in [0.3, 0.4) is 0 Å². The van der Waals surface area contributed by atoms with Crippen LogP contribution in [-0.4, -0.2) is 14.3 Å². The summed E-state index contributed by atoms with van der Waals surface area (Å²) in [6, 6.07) is 8.07. The monoisotopic (exact) mass is 259 g/mol. The maximum absolute atomic E-state index is 6.05. The Morgan fingerprint density at radius 3 is 2.94 bits per heavy atom. The summed E-state index contributed by atoms with van der Waals surface area (Å²) in [6.45, 7) is 3.81. The Bertz CT molecular complexity index is 681. The smallest absolute Gasteiger partial charge is 0.0539 e. The molecular formula is C14H14ClN3. The molecule has 0 amide bonds. The van der Waals surface area contributed by atoms with E-state index in [0.29, 0.717) is 0 Å². The first-order valence-electron chi connectivity index (χ1n) is 6.02. The van der Waals surface area contributed by atoms with Gasteiger partial charge in [-0.2, -0.15) is 5.10 Å². The Labute approximate surface area is 111 Å². The van der Waals surface area contributed by atoms with Gasteiger partial charge in [0.15, 0.2) is 0 Å². The summed E-state index contributed by atoms with van der Waals surface area (Å²) < 4.78 is 4.13. The molecule has 0 aliphatic rings. The number of nitrogens with zero attached hydrogens (tertiary/aromatic N) is 3. The summed E-state index contributed by atoms with van der Waals surface area (Å²) in [5.41, 5.74) is 2.36. The highest BCUT2D eigenvalue weighted by Gasteiger charge is 2.04. The minimum Gasteiger partial charge on any atom is -0.343 e. The molecule has 4 heteroatoms. The number of fused-ring (bicyclic) bond motifs is 1. The molecule has 0 radical (unpaired) electrons. The maximum atomic E-state index is 6.05. The molecule has 0 saturated heterocycles. The van der Waals surface area contributed by atoms with Gasteiger partial charge in [-0.3, -0.25) is 4.68 Å². The zero-order valence-corrected chi connectivity index (χ0v) is 10.9. The van der Waals surface area contributed by atoms with Crippen molar-refractivity contribution in [1.29, 1.82) is 0 Å². The molecule has 2 aromatic heterocycles. The third-order valence-electron chi connectivity index (χ3n) is 3.10. The SMILES string of the molecule is CCn1cc(Cn2ccc3ccc(Cl)cc32)cn1. The predicted octanol–water partition coefficient (Wildman–Crippen LogP) is 3.56. The van der Waals surface area contributed by atoms with Crippen LogP contribution < -0.4 is 0 Å². The molecule has 0 aliphatic heterocycles. The fourth-order valence-corrected chi connectivity index (χ4v) is 2.32. The van der Waals surface area contributed by atoms with Crippen LogP contribution in [0.25, 0.3) is 10.9 Å². The van der Waals surface area contributed by atoms with Gasteiger partial charge < -0.3 is 4.57 Å². The van der Waals surface area contributed by atoms with Crippen LogP contribution >= 0.6 is 11.6 Å². The van der Waals surface area contributed by atoms with Crippen molar-refractivity contribution >= 4 is 22.5 Å². The van der Waals surface area contributed by atoms with E-state index in [-0.39, 0.29) is 0 Å². The zero-order valence-electron chi connectivity index (χ0n) is 10.2. The average molecular weight is 260 g/mol. The third-order valence-corrected chi connectivity index (χ3v) is 3.33. The lowest BCUT2D eigenvalue weighted by Crippen LogP contribution is -1.97. The summed E-state index contributed by atoms with van der Waals surface area (Å²) >= 11 is 6.05. The van der Waals surface area contributed by atoms with Crippen molar-refractivity contribution in [2.24, 2.45) is 0 Å². The van der Waals surface area contributed by atoms with E-state index in [9.17, 15) is 0 Å². The first-order chi connectivity index (χ1) is 8.76. The summed E-state index contributed by atoms with van der Waals surface area (Å²) in [7, 11) is 0. The van der Waals surface area contributed by atoms with Gasteiger partial charge in [-0.25, -0.2) is 0 Å². The van der Waals surface area contributed by atoms with Crippen molar-refractivity contribution < 1.29 is 0 Å². The second-order valence-electron chi connectivity index (χ2n) is 4.35. The third kappa shape index (κ3) is 2.02. The molecule has 3 aromatic rings. The van der Waals surface area contributed by atoms with E-state index < -0.39 is 0 Å². The van der Waals surface area contributed by atoms with Crippen LogP contribution in [-0.2, 0) is 13.1 Å². The fraction of sp³-hybridized carbons (Fsp3) is 0.214. The van der Waals surface area contributed by atoms with Crippen LogP contribution in [0.2, 0.25) is 5.02 Å². The number of halogens is 1. The molecular weight excluding hydrogens is 246 g/mol. The van der Waals surface area contributed by atoms with E-state index in [1.807, 2.05) is 29.1 Å². The summed E-state index contributed by atoms with van der Waals surface area (Å²) in [5.74, 6) is 0. The number of rotatable bonds is 3. The van der Waals surface area contributed by atoms with Gasteiger partial charge in [-0.1, -0.05) is 17.7 Å². The first-order valence-corrected chi connectivity index (χ1v) is 6.40.